The van der Waals surface area contributed by atoms with Gasteiger partial charge in [-0.05, 0) is 46.3 Å². The summed E-state index contributed by atoms with van der Waals surface area (Å²) in [4.78, 5) is 0. The van der Waals surface area contributed by atoms with E-state index in [1.165, 1.54) is 6.42 Å². The molecule has 0 aromatic carbocycles. The molecule has 0 spiro atoms. The van der Waals surface area contributed by atoms with Crippen molar-refractivity contribution < 1.29 is 4.43 Å². The van der Waals surface area contributed by atoms with Crippen LogP contribution in [0, 0.1) is 0 Å². The highest BCUT2D eigenvalue weighted by molar-refractivity contribution is 9.09. The van der Waals surface area contributed by atoms with Crippen LogP contribution in [-0.4, -0.2) is 19.2 Å². The maximum atomic E-state index is 6.05. The molecule has 0 aliphatic rings. The second-order valence-electron chi connectivity index (χ2n) is 4.77. The molecule has 0 saturated carbocycles. The van der Waals surface area contributed by atoms with Crippen LogP contribution >= 0.6 is 15.9 Å². The normalized spacial score (nSPS) is 13.5. The molecule has 0 rings (SSSR count). The average molecular weight is 253 g/mol. The summed E-state index contributed by atoms with van der Waals surface area (Å²) in [5, 5.41) is 1.07. The summed E-state index contributed by atoms with van der Waals surface area (Å²) in [6, 6.07) is 0. The van der Waals surface area contributed by atoms with Gasteiger partial charge in [-0.2, -0.15) is 0 Å². The van der Waals surface area contributed by atoms with Gasteiger partial charge in [-0.1, -0.05) is 15.9 Å². The van der Waals surface area contributed by atoms with Crippen molar-refractivity contribution in [1.29, 1.82) is 0 Å². The van der Waals surface area contributed by atoms with E-state index in [1.54, 1.807) is 0 Å². The lowest BCUT2D eigenvalue weighted by molar-refractivity contribution is 0.0909. The van der Waals surface area contributed by atoms with Crippen LogP contribution in [0.2, 0.25) is 19.6 Å². The van der Waals surface area contributed by atoms with Crippen molar-refractivity contribution in [3.63, 3.8) is 0 Å². The lowest BCUT2D eigenvalue weighted by Crippen LogP contribution is -2.38. The second kappa shape index (κ2) is 4.77. The number of halogens is 1. The van der Waals surface area contributed by atoms with Gasteiger partial charge in [-0.3, -0.25) is 0 Å². The predicted octanol–water partition coefficient (Wildman–Crippen LogP) is 3.79. The van der Waals surface area contributed by atoms with Gasteiger partial charge in [-0.25, -0.2) is 0 Å². The molecule has 0 saturated heterocycles. The van der Waals surface area contributed by atoms with Gasteiger partial charge in [0.15, 0.2) is 8.32 Å². The van der Waals surface area contributed by atoms with Gasteiger partial charge in [0.1, 0.15) is 0 Å². The molecule has 0 atom stereocenters. The molecule has 0 N–H and O–H groups in total. The van der Waals surface area contributed by atoms with E-state index in [-0.39, 0.29) is 5.60 Å². The van der Waals surface area contributed by atoms with Crippen LogP contribution in [0.5, 0.6) is 0 Å². The van der Waals surface area contributed by atoms with Gasteiger partial charge in [-0.15, -0.1) is 0 Å². The van der Waals surface area contributed by atoms with E-state index in [0.717, 1.165) is 11.8 Å². The zero-order chi connectivity index (χ0) is 9.83. The summed E-state index contributed by atoms with van der Waals surface area (Å²) < 4.78 is 6.05. The molecule has 0 bridgehead atoms. The first kappa shape index (κ1) is 12.7. The topological polar surface area (TPSA) is 9.23 Å². The van der Waals surface area contributed by atoms with Crippen LogP contribution in [0.25, 0.3) is 0 Å². The molecule has 3 heteroatoms. The Bertz CT molecular complexity index is 129. The van der Waals surface area contributed by atoms with E-state index in [0.29, 0.717) is 0 Å². The third kappa shape index (κ3) is 7.31. The maximum Gasteiger partial charge on any atom is 0.184 e. The molecular formula is C9H21BrOSi. The Morgan fingerprint density at radius 3 is 2.08 bits per heavy atom. The summed E-state index contributed by atoms with van der Waals surface area (Å²) in [6.45, 7) is 11.1. The number of hydrogen-bond donors (Lipinski definition) is 0. The van der Waals surface area contributed by atoms with Gasteiger partial charge in [0.25, 0.3) is 0 Å². The van der Waals surface area contributed by atoms with E-state index >= 15 is 0 Å². The van der Waals surface area contributed by atoms with Crippen LogP contribution in [-0.2, 0) is 4.43 Å². The van der Waals surface area contributed by atoms with E-state index in [2.05, 4.69) is 49.4 Å². The SMILES string of the molecule is CC(C)(CCCBr)O[Si](C)(C)C. The highest BCUT2D eigenvalue weighted by atomic mass is 79.9. The molecule has 0 aromatic rings. The molecule has 0 aliphatic heterocycles. The predicted molar refractivity (Wildman–Crippen MR) is 61.5 cm³/mol. The Balaban J connectivity index is 3.86. The van der Waals surface area contributed by atoms with Crippen molar-refractivity contribution >= 4 is 24.2 Å². The van der Waals surface area contributed by atoms with Gasteiger partial charge in [0.2, 0.25) is 0 Å². The summed E-state index contributed by atoms with van der Waals surface area (Å²) in [5.74, 6) is 0. The third-order valence-corrected chi connectivity index (χ3v) is 3.22. The fourth-order valence-corrected chi connectivity index (χ4v) is 3.41. The third-order valence-electron chi connectivity index (χ3n) is 1.49. The van der Waals surface area contributed by atoms with Gasteiger partial charge in [0, 0.05) is 5.33 Å². The Morgan fingerprint density at radius 2 is 1.75 bits per heavy atom. The fourth-order valence-electron chi connectivity index (χ4n) is 1.37. The number of rotatable bonds is 5. The molecule has 74 valence electrons. The summed E-state index contributed by atoms with van der Waals surface area (Å²) >= 11 is 3.44. The molecule has 0 amide bonds. The van der Waals surface area contributed by atoms with Gasteiger partial charge < -0.3 is 4.43 Å². The first-order valence-electron chi connectivity index (χ1n) is 4.53. The van der Waals surface area contributed by atoms with Gasteiger partial charge >= 0.3 is 0 Å². The molecule has 0 radical (unpaired) electrons. The van der Waals surface area contributed by atoms with Crippen molar-refractivity contribution in [2.24, 2.45) is 0 Å². The minimum Gasteiger partial charge on any atom is -0.413 e. The number of hydrogen-bond acceptors (Lipinski definition) is 1. The van der Waals surface area contributed by atoms with E-state index in [1.807, 2.05) is 0 Å². The minimum atomic E-state index is -1.36. The molecule has 0 aliphatic carbocycles. The fraction of sp³-hybridized carbons (Fsp3) is 1.00. The second-order valence-corrected chi connectivity index (χ2v) is 9.99. The van der Waals surface area contributed by atoms with Crippen molar-refractivity contribution in [1.82, 2.24) is 0 Å². The highest BCUT2D eigenvalue weighted by Crippen LogP contribution is 2.22. The largest absolute Gasteiger partial charge is 0.413 e. The Hall–Kier alpha value is 0.657. The lowest BCUT2D eigenvalue weighted by Gasteiger charge is -2.33. The van der Waals surface area contributed by atoms with Crippen LogP contribution in [0.4, 0.5) is 0 Å². The Labute approximate surface area is 86.1 Å². The van der Waals surface area contributed by atoms with Crippen LogP contribution in [0.1, 0.15) is 26.7 Å². The molecule has 12 heavy (non-hydrogen) atoms. The zero-order valence-electron chi connectivity index (χ0n) is 8.91. The molecule has 0 heterocycles. The number of alkyl halides is 1. The van der Waals surface area contributed by atoms with Crippen LogP contribution in [0.3, 0.4) is 0 Å². The Kier molecular flexibility index (Phi) is 5.03. The lowest BCUT2D eigenvalue weighted by atomic mass is 10.0. The van der Waals surface area contributed by atoms with Crippen LogP contribution in [0.15, 0.2) is 0 Å². The summed E-state index contributed by atoms with van der Waals surface area (Å²) in [5.41, 5.74) is 0.0677. The van der Waals surface area contributed by atoms with Crippen molar-refractivity contribution in [2.45, 2.75) is 51.9 Å². The van der Waals surface area contributed by atoms with Crippen molar-refractivity contribution in [3.05, 3.63) is 0 Å². The van der Waals surface area contributed by atoms with Crippen LogP contribution < -0.4 is 0 Å². The standard InChI is InChI=1S/C9H21BrOSi/c1-9(2,7-6-8-10)11-12(3,4)5/h6-8H2,1-5H3. The van der Waals surface area contributed by atoms with Crippen molar-refractivity contribution in [3.8, 4) is 0 Å². The molecule has 1 nitrogen and oxygen atoms in total. The molecule has 0 unspecified atom stereocenters. The highest BCUT2D eigenvalue weighted by Gasteiger charge is 2.26. The first-order valence-corrected chi connectivity index (χ1v) is 9.06. The zero-order valence-corrected chi connectivity index (χ0v) is 11.5. The maximum absolute atomic E-state index is 6.05. The van der Waals surface area contributed by atoms with E-state index in [4.69, 9.17) is 4.43 Å². The Morgan fingerprint density at radius 1 is 1.25 bits per heavy atom. The van der Waals surface area contributed by atoms with E-state index in [9.17, 15) is 0 Å². The smallest absolute Gasteiger partial charge is 0.184 e. The van der Waals surface area contributed by atoms with Crippen molar-refractivity contribution in [2.75, 3.05) is 5.33 Å². The first-order chi connectivity index (χ1) is 5.27. The molecular weight excluding hydrogens is 232 g/mol. The molecule has 0 fully saturated rings. The molecule has 0 aromatic heterocycles. The average Bonchev–Trinajstić information content (AvgIpc) is 1.78. The minimum absolute atomic E-state index is 0.0677. The summed E-state index contributed by atoms with van der Waals surface area (Å²) in [7, 11) is -1.36. The summed E-state index contributed by atoms with van der Waals surface area (Å²) in [6.07, 6.45) is 2.33. The van der Waals surface area contributed by atoms with Gasteiger partial charge in [0.05, 0.1) is 5.60 Å². The quantitative estimate of drug-likeness (QED) is 0.535. The van der Waals surface area contributed by atoms with E-state index < -0.39 is 8.32 Å². The monoisotopic (exact) mass is 252 g/mol.